The molecule has 1 rings (SSSR count). The van der Waals surface area contributed by atoms with Crippen LogP contribution in [0, 0.1) is 0 Å². The highest BCUT2D eigenvalue weighted by Crippen LogP contribution is 2.17. The number of hydrogen-bond donors (Lipinski definition) is 0. The van der Waals surface area contributed by atoms with Gasteiger partial charge in [-0.3, -0.25) is 4.79 Å². The fourth-order valence-electron chi connectivity index (χ4n) is 1.17. The van der Waals surface area contributed by atoms with Crippen LogP contribution in [0.1, 0.15) is 11.1 Å². The van der Waals surface area contributed by atoms with Gasteiger partial charge < -0.3 is 0 Å². The Kier molecular flexibility index (Phi) is 5.13. The number of halogens is 3. The third-order valence-corrected chi connectivity index (χ3v) is 3.21. The van der Waals surface area contributed by atoms with Crippen LogP contribution in [0.25, 0.3) is 0 Å². The number of benzene rings is 1. The Bertz CT molecular complexity index is 339. The summed E-state index contributed by atoms with van der Waals surface area (Å²) in [5.74, 6) is 0.160. The molecule has 1 aromatic carbocycles. The number of Topliss-reactive ketones (excluding diaryl/α,β-unsaturated/α-hetero) is 1. The van der Waals surface area contributed by atoms with Crippen molar-refractivity contribution in [2.24, 2.45) is 0 Å². The van der Waals surface area contributed by atoms with Crippen molar-refractivity contribution in [3.05, 3.63) is 34.3 Å². The van der Waals surface area contributed by atoms with Gasteiger partial charge in [0, 0.05) is 16.8 Å². The van der Waals surface area contributed by atoms with E-state index in [0.717, 1.165) is 16.5 Å². The molecule has 4 heteroatoms. The molecule has 0 fully saturated rings. The molecule has 1 nitrogen and oxygen atoms in total. The maximum atomic E-state index is 11.2. The summed E-state index contributed by atoms with van der Waals surface area (Å²) in [7, 11) is 0. The summed E-state index contributed by atoms with van der Waals surface area (Å²) in [6, 6.07) is 5.70. The van der Waals surface area contributed by atoms with Crippen LogP contribution in [-0.2, 0) is 16.5 Å². The second-order valence-corrected chi connectivity index (χ2v) is 4.51. The maximum absolute atomic E-state index is 11.2. The van der Waals surface area contributed by atoms with Crippen LogP contribution in [-0.4, -0.2) is 11.1 Å². The molecule has 0 saturated heterocycles. The molecular formula is C10H9Br2ClO. The van der Waals surface area contributed by atoms with Gasteiger partial charge in [0.1, 0.15) is 5.78 Å². The largest absolute Gasteiger partial charge is 0.298 e. The molecule has 0 N–H and O–H groups in total. The third kappa shape index (κ3) is 3.71. The van der Waals surface area contributed by atoms with Gasteiger partial charge in [-0.25, -0.2) is 0 Å². The van der Waals surface area contributed by atoms with Crippen LogP contribution in [0.3, 0.4) is 0 Å². The molecule has 0 radical (unpaired) electrons. The summed E-state index contributed by atoms with van der Waals surface area (Å²) in [4.78, 5) is 11.2. The molecule has 0 saturated carbocycles. The first-order chi connectivity index (χ1) is 6.65. The van der Waals surface area contributed by atoms with Crippen LogP contribution in [0.5, 0.6) is 0 Å². The fourth-order valence-corrected chi connectivity index (χ4v) is 1.97. The van der Waals surface area contributed by atoms with Gasteiger partial charge in [0.05, 0.1) is 5.33 Å². The van der Waals surface area contributed by atoms with Crippen molar-refractivity contribution in [1.29, 1.82) is 0 Å². The molecule has 0 aliphatic carbocycles. The van der Waals surface area contributed by atoms with Gasteiger partial charge >= 0.3 is 0 Å². The topological polar surface area (TPSA) is 17.1 Å². The lowest BCUT2D eigenvalue weighted by atomic mass is 10.1. The van der Waals surface area contributed by atoms with Gasteiger partial charge in [-0.2, -0.15) is 0 Å². The van der Waals surface area contributed by atoms with Crippen molar-refractivity contribution in [1.82, 2.24) is 0 Å². The zero-order chi connectivity index (χ0) is 10.6. The molecule has 0 amide bonds. The van der Waals surface area contributed by atoms with Crippen molar-refractivity contribution in [2.75, 3.05) is 5.33 Å². The zero-order valence-corrected chi connectivity index (χ0v) is 11.3. The number of hydrogen-bond acceptors (Lipinski definition) is 1. The highest BCUT2D eigenvalue weighted by Gasteiger charge is 2.04. The van der Waals surface area contributed by atoms with Gasteiger partial charge in [0.15, 0.2) is 0 Å². The van der Waals surface area contributed by atoms with E-state index in [1.54, 1.807) is 0 Å². The van der Waals surface area contributed by atoms with Crippen LogP contribution >= 0.6 is 43.5 Å². The first-order valence-electron chi connectivity index (χ1n) is 4.07. The fraction of sp³-hybridized carbons (Fsp3) is 0.300. The van der Waals surface area contributed by atoms with Crippen molar-refractivity contribution in [3.8, 4) is 0 Å². The van der Waals surface area contributed by atoms with E-state index in [1.807, 2.05) is 18.2 Å². The molecular weight excluding hydrogens is 331 g/mol. The summed E-state index contributed by atoms with van der Waals surface area (Å²) in [5, 5.41) is 1.82. The molecule has 0 atom stereocenters. The van der Waals surface area contributed by atoms with Crippen molar-refractivity contribution in [2.45, 2.75) is 11.8 Å². The first-order valence-corrected chi connectivity index (χ1v) is 6.69. The van der Waals surface area contributed by atoms with Gasteiger partial charge in [0.25, 0.3) is 0 Å². The van der Waals surface area contributed by atoms with E-state index in [9.17, 15) is 4.79 Å². The SMILES string of the molecule is O=C(CBr)Cc1cc(Cl)cc(CBr)c1. The average molecular weight is 340 g/mol. The molecule has 0 aromatic heterocycles. The lowest BCUT2D eigenvalue weighted by Gasteiger charge is -2.03. The zero-order valence-electron chi connectivity index (χ0n) is 7.40. The lowest BCUT2D eigenvalue weighted by molar-refractivity contribution is -0.115. The molecule has 14 heavy (non-hydrogen) atoms. The molecule has 0 aliphatic heterocycles. The van der Waals surface area contributed by atoms with E-state index in [2.05, 4.69) is 31.9 Å². The average Bonchev–Trinajstić information content (AvgIpc) is 2.16. The number of rotatable bonds is 4. The van der Waals surface area contributed by atoms with E-state index in [1.165, 1.54) is 0 Å². The quantitative estimate of drug-likeness (QED) is 0.763. The van der Waals surface area contributed by atoms with Crippen molar-refractivity contribution < 1.29 is 4.79 Å². The van der Waals surface area contributed by atoms with Crippen LogP contribution in [0.4, 0.5) is 0 Å². The molecule has 0 aliphatic rings. The summed E-state index contributed by atoms with van der Waals surface area (Å²) in [6.45, 7) is 0. The maximum Gasteiger partial charge on any atom is 0.147 e. The summed E-state index contributed by atoms with van der Waals surface area (Å²) in [6.07, 6.45) is 0.436. The second kappa shape index (κ2) is 5.89. The Balaban J connectivity index is 2.86. The predicted molar refractivity (Wildman–Crippen MR) is 66.6 cm³/mol. The molecule has 0 heterocycles. The van der Waals surface area contributed by atoms with E-state index in [0.29, 0.717) is 16.8 Å². The Morgan fingerprint density at radius 2 is 1.86 bits per heavy atom. The Morgan fingerprint density at radius 3 is 2.43 bits per heavy atom. The Hall–Kier alpha value is 0.140. The highest BCUT2D eigenvalue weighted by molar-refractivity contribution is 9.09. The van der Waals surface area contributed by atoms with E-state index < -0.39 is 0 Å². The summed E-state index contributed by atoms with van der Waals surface area (Å²) < 4.78 is 0. The molecule has 76 valence electrons. The second-order valence-electron chi connectivity index (χ2n) is 2.95. The molecule has 0 unspecified atom stereocenters. The smallest absolute Gasteiger partial charge is 0.147 e. The van der Waals surface area contributed by atoms with Gasteiger partial charge in [0.2, 0.25) is 0 Å². The van der Waals surface area contributed by atoms with Crippen molar-refractivity contribution >= 4 is 49.2 Å². The minimum Gasteiger partial charge on any atom is -0.298 e. The first kappa shape index (κ1) is 12.2. The molecule has 1 aromatic rings. The Morgan fingerprint density at radius 1 is 1.21 bits per heavy atom. The number of alkyl halides is 2. The predicted octanol–water partition coefficient (Wildman–Crippen LogP) is 3.74. The monoisotopic (exact) mass is 338 g/mol. The van der Waals surface area contributed by atoms with E-state index in [4.69, 9.17) is 11.6 Å². The lowest BCUT2D eigenvalue weighted by Crippen LogP contribution is -2.03. The highest BCUT2D eigenvalue weighted by atomic mass is 79.9. The third-order valence-electron chi connectivity index (χ3n) is 1.72. The normalized spacial score (nSPS) is 10.2. The molecule has 0 spiro atoms. The van der Waals surface area contributed by atoms with Gasteiger partial charge in [-0.15, -0.1) is 0 Å². The number of carbonyl (C=O) groups excluding carboxylic acids is 1. The minimum atomic E-state index is 0.160. The standard InChI is InChI=1S/C10H9Br2ClO/c11-5-8-1-7(2-9(13)3-8)4-10(14)6-12/h1-3H,4-6H2. The van der Waals surface area contributed by atoms with Crippen LogP contribution in [0.15, 0.2) is 18.2 Å². The van der Waals surface area contributed by atoms with Gasteiger partial charge in [-0.05, 0) is 23.3 Å². The minimum absolute atomic E-state index is 0.160. The van der Waals surface area contributed by atoms with E-state index >= 15 is 0 Å². The summed E-state index contributed by atoms with van der Waals surface area (Å²) >= 11 is 12.4. The Labute approximate surface area is 105 Å². The van der Waals surface area contributed by atoms with Crippen LogP contribution < -0.4 is 0 Å². The van der Waals surface area contributed by atoms with Crippen molar-refractivity contribution in [3.63, 3.8) is 0 Å². The van der Waals surface area contributed by atoms with E-state index in [-0.39, 0.29) is 5.78 Å². The number of ketones is 1. The number of carbonyl (C=O) groups is 1. The van der Waals surface area contributed by atoms with Crippen LogP contribution in [0.2, 0.25) is 5.02 Å². The molecule has 0 bridgehead atoms. The van der Waals surface area contributed by atoms with Gasteiger partial charge in [-0.1, -0.05) is 49.5 Å². The summed E-state index contributed by atoms with van der Waals surface area (Å²) in [5.41, 5.74) is 2.06.